The fraction of sp³-hybridized carbons (Fsp3) is 0.0667. The zero-order chi connectivity index (χ0) is 14.8. The number of benzene rings is 2. The van der Waals surface area contributed by atoms with Crippen LogP contribution in [-0.4, -0.2) is 23.5 Å². The Morgan fingerprint density at radius 2 is 2.05 bits per heavy atom. The molecule has 21 heavy (non-hydrogen) atoms. The van der Waals surface area contributed by atoms with E-state index in [0.717, 1.165) is 0 Å². The highest BCUT2D eigenvalue weighted by Crippen LogP contribution is 2.30. The average molecular weight is 284 g/mol. The van der Waals surface area contributed by atoms with Crippen molar-refractivity contribution >= 4 is 23.2 Å². The molecule has 0 atom stereocenters. The third-order valence-electron chi connectivity index (χ3n) is 3.02. The van der Waals surface area contributed by atoms with Gasteiger partial charge in [-0.3, -0.25) is 9.59 Å². The molecule has 1 aliphatic rings. The van der Waals surface area contributed by atoms with Crippen molar-refractivity contribution in [2.45, 2.75) is 0 Å². The van der Waals surface area contributed by atoms with Crippen LogP contribution in [0.2, 0.25) is 0 Å². The lowest BCUT2D eigenvalue weighted by Crippen LogP contribution is -2.25. The van der Waals surface area contributed by atoms with Crippen LogP contribution in [0.15, 0.2) is 42.5 Å². The molecule has 3 rings (SSSR count). The summed E-state index contributed by atoms with van der Waals surface area (Å²) < 4.78 is 5.23. The lowest BCUT2D eigenvalue weighted by molar-refractivity contribution is -0.118. The first-order chi connectivity index (χ1) is 10.1. The van der Waals surface area contributed by atoms with Gasteiger partial charge in [-0.05, 0) is 30.3 Å². The minimum Gasteiger partial charge on any atom is -0.507 e. The Bertz CT molecular complexity index is 727. The van der Waals surface area contributed by atoms with Crippen LogP contribution in [0.3, 0.4) is 0 Å². The number of fused-ring (bicyclic) bond motifs is 1. The second-order valence-corrected chi connectivity index (χ2v) is 4.52. The number of nitrogens with one attached hydrogen (secondary N) is 2. The lowest BCUT2D eigenvalue weighted by atomic mass is 10.1. The maximum Gasteiger partial charge on any atom is 0.262 e. The Morgan fingerprint density at radius 3 is 2.86 bits per heavy atom. The van der Waals surface area contributed by atoms with Gasteiger partial charge in [-0.25, -0.2) is 0 Å². The molecule has 0 aliphatic carbocycles. The van der Waals surface area contributed by atoms with Gasteiger partial charge in [-0.15, -0.1) is 0 Å². The average Bonchev–Trinajstić information content (AvgIpc) is 2.47. The van der Waals surface area contributed by atoms with Crippen LogP contribution < -0.4 is 15.4 Å². The van der Waals surface area contributed by atoms with Gasteiger partial charge in [0.15, 0.2) is 6.61 Å². The fourth-order valence-electron chi connectivity index (χ4n) is 2.02. The summed E-state index contributed by atoms with van der Waals surface area (Å²) in [5.41, 5.74) is 1.17. The highest BCUT2D eigenvalue weighted by atomic mass is 16.5. The molecule has 0 fully saturated rings. The van der Waals surface area contributed by atoms with E-state index in [1.165, 1.54) is 12.1 Å². The molecule has 6 nitrogen and oxygen atoms in total. The van der Waals surface area contributed by atoms with Crippen molar-refractivity contribution in [1.29, 1.82) is 0 Å². The topological polar surface area (TPSA) is 87.7 Å². The summed E-state index contributed by atoms with van der Waals surface area (Å²) in [6, 6.07) is 11.2. The summed E-state index contributed by atoms with van der Waals surface area (Å²) in [7, 11) is 0. The number of ether oxygens (including phenoxy) is 1. The minimum absolute atomic E-state index is 0.0173. The second-order valence-electron chi connectivity index (χ2n) is 4.52. The van der Waals surface area contributed by atoms with E-state index in [2.05, 4.69) is 10.6 Å². The molecule has 0 aromatic heterocycles. The summed E-state index contributed by atoms with van der Waals surface area (Å²) >= 11 is 0. The van der Waals surface area contributed by atoms with E-state index < -0.39 is 5.91 Å². The molecule has 0 saturated carbocycles. The van der Waals surface area contributed by atoms with Gasteiger partial charge >= 0.3 is 0 Å². The van der Waals surface area contributed by atoms with Crippen LogP contribution in [0.1, 0.15) is 10.4 Å². The molecule has 3 N–H and O–H groups in total. The Hall–Kier alpha value is -3.02. The van der Waals surface area contributed by atoms with Crippen molar-refractivity contribution in [2.24, 2.45) is 0 Å². The summed E-state index contributed by atoms with van der Waals surface area (Å²) in [5.74, 6) is -0.220. The van der Waals surface area contributed by atoms with Gasteiger partial charge in [-0.1, -0.05) is 12.1 Å². The van der Waals surface area contributed by atoms with Gasteiger partial charge in [0, 0.05) is 5.69 Å². The first-order valence-electron chi connectivity index (χ1n) is 6.29. The zero-order valence-electron chi connectivity index (χ0n) is 10.9. The van der Waals surface area contributed by atoms with Gasteiger partial charge < -0.3 is 20.5 Å². The fourth-order valence-corrected chi connectivity index (χ4v) is 2.02. The Labute approximate surface area is 120 Å². The third-order valence-corrected chi connectivity index (χ3v) is 3.02. The van der Waals surface area contributed by atoms with E-state index in [1.54, 1.807) is 30.3 Å². The van der Waals surface area contributed by atoms with Gasteiger partial charge in [0.25, 0.3) is 11.8 Å². The monoisotopic (exact) mass is 284 g/mol. The molecular weight excluding hydrogens is 272 g/mol. The SMILES string of the molecule is O=C1COc2ccc(NC(=O)c3ccccc3O)cc2N1. The van der Waals surface area contributed by atoms with Crippen LogP contribution in [0.5, 0.6) is 11.5 Å². The lowest BCUT2D eigenvalue weighted by Gasteiger charge is -2.18. The van der Waals surface area contributed by atoms with E-state index in [9.17, 15) is 14.7 Å². The maximum atomic E-state index is 12.1. The number of carbonyl (C=O) groups is 2. The third kappa shape index (κ3) is 2.64. The second kappa shape index (κ2) is 5.16. The number of hydrogen-bond donors (Lipinski definition) is 3. The highest BCUT2D eigenvalue weighted by molar-refractivity contribution is 6.06. The van der Waals surface area contributed by atoms with E-state index in [0.29, 0.717) is 17.1 Å². The maximum absolute atomic E-state index is 12.1. The quantitative estimate of drug-likeness (QED) is 0.786. The number of carbonyl (C=O) groups excluding carboxylic acids is 2. The van der Waals surface area contributed by atoms with Crippen molar-refractivity contribution in [2.75, 3.05) is 17.2 Å². The van der Waals surface area contributed by atoms with Gasteiger partial charge in [0.1, 0.15) is 11.5 Å². The number of aromatic hydroxyl groups is 1. The van der Waals surface area contributed by atoms with Crippen molar-refractivity contribution in [3.63, 3.8) is 0 Å². The molecule has 1 heterocycles. The van der Waals surface area contributed by atoms with E-state index in [1.807, 2.05) is 0 Å². The van der Waals surface area contributed by atoms with Crippen molar-refractivity contribution in [3.05, 3.63) is 48.0 Å². The highest BCUT2D eigenvalue weighted by Gasteiger charge is 2.17. The van der Waals surface area contributed by atoms with Crippen LogP contribution >= 0.6 is 0 Å². The number of phenolic OH excluding ortho intramolecular Hbond substituents is 1. The van der Waals surface area contributed by atoms with Crippen LogP contribution in [0.4, 0.5) is 11.4 Å². The molecule has 6 heteroatoms. The molecule has 0 spiro atoms. The predicted molar refractivity (Wildman–Crippen MR) is 76.6 cm³/mol. The molecular formula is C15H12N2O4. The van der Waals surface area contributed by atoms with E-state index in [4.69, 9.17) is 4.74 Å². The first-order valence-corrected chi connectivity index (χ1v) is 6.29. The predicted octanol–water partition coefficient (Wildman–Crippen LogP) is 1.98. The minimum atomic E-state index is -0.434. The number of amides is 2. The van der Waals surface area contributed by atoms with Crippen molar-refractivity contribution in [1.82, 2.24) is 0 Å². The molecule has 0 saturated heterocycles. The first kappa shape index (κ1) is 13.0. The molecule has 0 unspecified atom stereocenters. The molecule has 0 bridgehead atoms. The van der Waals surface area contributed by atoms with Crippen molar-refractivity contribution < 1.29 is 19.4 Å². The molecule has 2 amide bonds. The molecule has 2 aromatic carbocycles. The molecule has 2 aromatic rings. The number of rotatable bonds is 2. The van der Waals surface area contributed by atoms with Gasteiger partial charge in [-0.2, -0.15) is 0 Å². The van der Waals surface area contributed by atoms with E-state index >= 15 is 0 Å². The number of anilines is 2. The summed E-state index contributed by atoms with van der Waals surface area (Å²) in [5, 5.41) is 15.0. The summed E-state index contributed by atoms with van der Waals surface area (Å²) in [6.45, 7) is -0.0173. The number of hydrogen-bond acceptors (Lipinski definition) is 4. The van der Waals surface area contributed by atoms with Crippen molar-refractivity contribution in [3.8, 4) is 11.5 Å². The zero-order valence-corrected chi connectivity index (χ0v) is 10.9. The molecule has 106 valence electrons. The Kier molecular flexibility index (Phi) is 3.19. The van der Waals surface area contributed by atoms with Crippen LogP contribution in [-0.2, 0) is 4.79 Å². The van der Waals surface area contributed by atoms with Gasteiger partial charge in [0.2, 0.25) is 0 Å². The van der Waals surface area contributed by atoms with Crippen LogP contribution in [0.25, 0.3) is 0 Å². The summed E-state index contributed by atoms with van der Waals surface area (Å²) in [4.78, 5) is 23.3. The smallest absolute Gasteiger partial charge is 0.262 e. The standard InChI is InChI=1S/C15H12N2O4/c18-12-4-2-1-3-10(12)15(20)16-9-5-6-13-11(7-9)17-14(19)8-21-13/h1-7,18H,8H2,(H,16,20)(H,17,19). The summed E-state index contributed by atoms with van der Waals surface area (Å²) in [6.07, 6.45) is 0. The van der Waals surface area contributed by atoms with E-state index in [-0.39, 0.29) is 23.8 Å². The largest absolute Gasteiger partial charge is 0.507 e. The van der Waals surface area contributed by atoms with Gasteiger partial charge in [0.05, 0.1) is 11.3 Å². The Balaban J connectivity index is 1.82. The normalized spacial score (nSPS) is 12.9. The number of para-hydroxylation sites is 1. The van der Waals surface area contributed by atoms with Crippen LogP contribution in [0, 0.1) is 0 Å². The molecule has 0 radical (unpaired) electrons. The Morgan fingerprint density at radius 1 is 1.24 bits per heavy atom. The molecule has 1 aliphatic heterocycles. The number of phenols is 1.